The molecule has 1 spiro atoms. The summed E-state index contributed by atoms with van der Waals surface area (Å²) in [5.74, 6) is 0.986. The molecule has 3 aromatic rings. The molecule has 0 unspecified atom stereocenters. The fourth-order valence-electron chi connectivity index (χ4n) is 4.85. The summed E-state index contributed by atoms with van der Waals surface area (Å²) in [6.07, 6.45) is 3.57. The molecule has 2 aromatic heterocycles. The Morgan fingerprint density at radius 3 is 2.61 bits per heavy atom. The van der Waals surface area contributed by atoms with Gasteiger partial charge in [-0.05, 0) is 60.7 Å². The number of piperidine rings is 1. The van der Waals surface area contributed by atoms with Crippen molar-refractivity contribution >= 4 is 11.9 Å². The van der Waals surface area contributed by atoms with Crippen molar-refractivity contribution in [2.24, 2.45) is 0 Å². The van der Waals surface area contributed by atoms with Gasteiger partial charge in [0.05, 0.1) is 17.8 Å². The molecule has 3 N–H and O–H groups in total. The molecule has 160 valence electrons. The number of benzene rings is 1. The van der Waals surface area contributed by atoms with Crippen LogP contribution in [0.2, 0.25) is 0 Å². The van der Waals surface area contributed by atoms with Crippen molar-refractivity contribution in [3.63, 3.8) is 0 Å². The van der Waals surface area contributed by atoms with Crippen LogP contribution in [0, 0.1) is 6.92 Å². The van der Waals surface area contributed by atoms with Gasteiger partial charge in [0.25, 0.3) is 5.56 Å². The number of likely N-dealkylation sites (tertiary alicyclic amines) is 1. The Balaban J connectivity index is 1.25. The number of tetrazole rings is 1. The van der Waals surface area contributed by atoms with E-state index >= 15 is 0 Å². The fraction of sp³-hybridized carbons (Fsp3) is 0.429. The van der Waals surface area contributed by atoms with E-state index in [1.54, 1.807) is 4.68 Å². The van der Waals surface area contributed by atoms with Gasteiger partial charge < -0.3 is 10.6 Å². The van der Waals surface area contributed by atoms with E-state index in [0.29, 0.717) is 25.3 Å². The number of aromatic nitrogens is 6. The number of anilines is 1. The largest absolute Gasteiger partial charge is 0.369 e. The molecule has 1 fully saturated rings. The highest BCUT2D eigenvalue weighted by Crippen LogP contribution is 2.44. The number of hydrogen-bond donors (Lipinski definition) is 2. The van der Waals surface area contributed by atoms with Crippen molar-refractivity contribution in [1.29, 1.82) is 0 Å². The third kappa shape index (κ3) is 3.37. The summed E-state index contributed by atoms with van der Waals surface area (Å²) in [5, 5.41) is 11.5. The summed E-state index contributed by atoms with van der Waals surface area (Å²) in [7, 11) is 0. The lowest BCUT2D eigenvalue weighted by molar-refractivity contribution is -0.132. The van der Waals surface area contributed by atoms with Crippen molar-refractivity contribution in [3.8, 4) is 5.69 Å². The number of H-pyrrole nitrogens is 1. The fourth-order valence-corrected chi connectivity index (χ4v) is 4.85. The average molecular weight is 420 g/mol. The minimum atomic E-state index is -0.139. The monoisotopic (exact) mass is 420 g/mol. The summed E-state index contributed by atoms with van der Waals surface area (Å²) in [5.41, 5.74) is 8.93. The summed E-state index contributed by atoms with van der Waals surface area (Å²) in [6.45, 7) is 3.16. The molecule has 31 heavy (non-hydrogen) atoms. The summed E-state index contributed by atoms with van der Waals surface area (Å²) >= 11 is 0. The van der Waals surface area contributed by atoms with Gasteiger partial charge in [-0.2, -0.15) is 4.68 Å². The van der Waals surface area contributed by atoms with Gasteiger partial charge in [0.15, 0.2) is 5.82 Å². The second-order valence-corrected chi connectivity index (χ2v) is 8.42. The molecule has 0 atom stereocenters. The van der Waals surface area contributed by atoms with E-state index in [1.807, 2.05) is 36.1 Å². The van der Waals surface area contributed by atoms with Gasteiger partial charge in [0.1, 0.15) is 0 Å². The van der Waals surface area contributed by atoms with Crippen LogP contribution in [0.1, 0.15) is 41.9 Å². The molecule has 1 aliphatic carbocycles. The Labute approximate surface area is 178 Å². The third-order valence-electron chi connectivity index (χ3n) is 6.62. The topological polar surface area (TPSA) is 136 Å². The Kier molecular flexibility index (Phi) is 4.57. The van der Waals surface area contributed by atoms with Crippen LogP contribution in [-0.4, -0.2) is 54.1 Å². The maximum atomic E-state index is 12.9. The van der Waals surface area contributed by atoms with Crippen LogP contribution in [-0.2, 0) is 23.1 Å². The van der Waals surface area contributed by atoms with Crippen LogP contribution >= 0.6 is 0 Å². The standard InChI is InChI=1S/C21H24N8O2/c1-13-25-26-27-29(13)15-4-2-14(3-5-15)12-17(30)28-10-8-21(9-11-28)7-6-16-18(21)23-20(22)24-19(16)31/h2-5H,6-12H2,1H3,(H3,22,23,24,31). The highest BCUT2D eigenvalue weighted by atomic mass is 16.2. The van der Waals surface area contributed by atoms with Gasteiger partial charge in [-0.25, -0.2) is 4.98 Å². The molecule has 3 heterocycles. The quantitative estimate of drug-likeness (QED) is 0.636. The molecule has 2 aliphatic rings. The predicted octanol–water partition coefficient (Wildman–Crippen LogP) is 0.685. The lowest BCUT2D eigenvalue weighted by atomic mass is 9.76. The minimum absolute atomic E-state index is 0.109. The van der Waals surface area contributed by atoms with E-state index < -0.39 is 0 Å². The molecular weight excluding hydrogens is 396 g/mol. The van der Waals surface area contributed by atoms with Crippen molar-refractivity contribution < 1.29 is 4.79 Å². The number of aryl methyl sites for hydroxylation is 1. The lowest BCUT2D eigenvalue weighted by Gasteiger charge is -2.39. The zero-order chi connectivity index (χ0) is 21.6. The molecule has 10 heteroatoms. The Hall–Kier alpha value is -3.56. The van der Waals surface area contributed by atoms with Crippen LogP contribution < -0.4 is 11.3 Å². The number of rotatable bonds is 3. The molecule has 1 saturated heterocycles. The number of nitrogens with two attached hydrogens (primary N) is 1. The van der Waals surface area contributed by atoms with Gasteiger partial charge in [0.2, 0.25) is 11.9 Å². The second-order valence-electron chi connectivity index (χ2n) is 8.42. The van der Waals surface area contributed by atoms with Crippen LogP contribution in [0.5, 0.6) is 0 Å². The molecule has 10 nitrogen and oxygen atoms in total. The van der Waals surface area contributed by atoms with E-state index in [-0.39, 0.29) is 22.8 Å². The van der Waals surface area contributed by atoms with Gasteiger partial charge in [-0.3, -0.25) is 14.6 Å². The maximum Gasteiger partial charge on any atom is 0.255 e. The second kappa shape index (κ2) is 7.29. The van der Waals surface area contributed by atoms with Crippen LogP contribution in [0.25, 0.3) is 5.69 Å². The van der Waals surface area contributed by atoms with Gasteiger partial charge in [0, 0.05) is 24.1 Å². The van der Waals surface area contributed by atoms with E-state index in [1.165, 1.54) is 0 Å². The Bertz CT molecular complexity index is 1190. The molecular formula is C21H24N8O2. The number of amides is 1. The molecule has 1 amide bonds. The molecule has 0 bridgehead atoms. The van der Waals surface area contributed by atoms with Crippen molar-refractivity contribution in [2.45, 2.75) is 44.4 Å². The van der Waals surface area contributed by atoms with Gasteiger partial charge in [-0.15, -0.1) is 5.10 Å². The first kappa shape index (κ1) is 19.4. The van der Waals surface area contributed by atoms with E-state index in [9.17, 15) is 9.59 Å². The molecule has 0 radical (unpaired) electrons. The summed E-state index contributed by atoms with van der Waals surface area (Å²) < 4.78 is 1.65. The Morgan fingerprint density at radius 1 is 1.19 bits per heavy atom. The van der Waals surface area contributed by atoms with Crippen LogP contribution in [0.3, 0.4) is 0 Å². The van der Waals surface area contributed by atoms with Crippen molar-refractivity contribution in [2.75, 3.05) is 18.8 Å². The highest BCUT2D eigenvalue weighted by molar-refractivity contribution is 5.79. The summed E-state index contributed by atoms with van der Waals surface area (Å²) in [4.78, 5) is 34.1. The van der Waals surface area contributed by atoms with Crippen LogP contribution in [0.15, 0.2) is 29.1 Å². The number of hydrogen-bond acceptors (Lipinski definition) is 7. The van der Waals surface area contributed by atoms with Crippen molar-refractivity contribution in [3.05, 3.63) is 57.3 Å². The first-order chi connectivity index (χ1) is 14.9. The SMILES string of the molecule is Cc1nnnn1-c1ccc(CC(=O)N2CCC3(CCc4c3nc(N)[nH]c4=O)CC2)cc1. The number of nitrogens with zero attached hydrogens (tertiary/aromatic N) is 6. The number of nitrogens with one attached hydrogen (secondary N) is 1. The third-order valence-corrected chi connectivity index (χ3v) is 6.62. The van der Waals surface area contributed by atoms with Gasteiger partial charge >= 0.3 is 0 Å². The van der Waals surface area contributed by atoms with Gasteiger partial charge in [-0.1, -0.05) is 12.1 Å². The van der Waals surface area contributed by atoms with Crippen molar-refractivity contribution in [1.82, 2.24) is 35.1 Å². The van der Waals surface area contributed by atoms with E-state index in [0.717, 1.165) is 48.2 Å². The molecule has 1 aliphatic heterocycles. The number of carbonyl (C=O) groups is 1. The molecule has 1 aromatic carbocycles. The summed E-state index contributed by atoms with van der Waals surface area (Å²) in [6, 6.07) is 7.71. The molecule has 5 rings (SSSR count). The first-order valence-electron chi connectivity index (χ1n) is 10.5. The lowest BCUT2D eigenvalue weighted by Crippen LogP contribution is -2.45. The number of nitrogen functional groups attached to an aromatic ring is 1. The Morgan fingerprint density at radius 2 is 1.94 bits per heavy atom. The normalized spacial score (nSPS) is 17.1. The van der Waals surface area contributed by atoms with E-state index in [2.05, 4.69) is 25.5 Å². The minimum Gasteiger partial charge on any atom is -0.369 e. The predicted molar refractivity (Wildman–Crippen MR) is 113 cm³/mol. The zero-order valence-electron chi connectivity index (χ0n) is 17.3. The van der Waals surface area contributed by atoms with E-state index in [4.69, 9.17) is 5.73 Å². The number of fused-ring (bicyclic) bond motifs is 2. The highest BCUT2D eigenvalue weighted by Gasteiger charge is 2.44. The number of aromatic amines is 1. The maximum absolute atomic E-state index is 12.9. The van der Waals surface area contributed by atoms with Crippen LogP contribution in [0.4, 0.5) is 5.95 Å². The first-order valence-corrected chi connectivity index (χ1v) is 10.5. The average Bonchev–Trinajstić information content (AvgIpc) is 3.34. The number of carbonyl (C=O) groups excluding carboxylic acids is 1. The molecule has 0 saturated carbocycles. The zero-order valence-corrected chi connectivity index (χ0v) is 17.3. The smallest absolute Gasteiger partial charge is 0.255 e.